The van der Waals surface area contributed by atoms with E-state index in [4.69, 9.17) is 9.47 Å². The number of likely N-dealkylation sites (N-methyl/N-ethyl adjacent to an activating group) is 1. The third kappa shape index (κ3) is 3.24. The van der Waals surface area contributed by atoms with E-state index in [1.807, 2.05) is 32.3 Å². The summed E-state index contributed by atoms with van der Waals surface area (Å²) in [5.74, 6) is 1.90. The molecule has 1 aromatic heterocycles. The lowest BCUT2D eigenvalue weighted by atomic mass is 10.2. The first-order valence-corrected chi connectivity index (χ1v) is 6.29. The fraction of sp³-hybridized carbons (Fsp3) is 0.462. The Kier molecular flexibility index (Phi) is 4.52. The number of aromatic nitrogens is 4. The minimum Gasteiger partial charge on any atom is -0.493 e. The lowest BCUT2D eigenvalue weighted by Gasteiger charge is -2.08. The highest BCUT2D eigenvalue weighted by Crippen LogP contribution is 2.30. The van der Waals surface area contributed by atoms with Crippen molar-refractivity contribution in [2.24, 2.45) is 0 Å². The molecule has 2 aromatic rings. The van der Waals surface area contributed by atoms with Crippen LogP contribution < -0.4 is 9.47 Å². The van der Waals surface area contributed by atoms with Crippen LogP contribution in [0.25, 0.3) is 11.4 Å². The van der Waals surface area contributed by atoms with E-state index in [2.05, 4.69) is 20.3 Å². The van der Waals surface area contributed by atoms with Gasteiger partial charge in [0.2, 0.25) is 5.82 Å². The fourth-order valence-electron chi connectivity index (χ4n) is 1.72. The Morgan fingerprint density at radius 1 is 1.15 bits per heavy atom. The second-order valence-corrected chi connectivity index (χ2v) is 4.58. The van der Waals surface area contributed by atoms with Crippen LogP contribution in [0.5, 0.6) is 11.5 Å². The minimum absolute atomic E-state index is 0.574. The monoisotopic (exact) mass is 277 g/mol. The highest BCUT2D eigenvalue weighted by Gasteiger charge is 2.10. The molecule has 0 aliphatic rings. The third-order valence-electron chi connectivity index (χ3n) is 2.84. The zero-order chi connectivity index (χ0) is 14.5. The molecule has 0 saturated heterocycles. The number of benzene rings is 1. The van der Waals surface area contributed by atoms with Crippen LogP contribution in [0.15, 0.2) is 18.2 Å². The standard InChI is InChI=1S/C13H19N5O2/c1-17(2)7-8-18-15-13(14-16-18)10-5-6-11(19-3)12(9-10)20-4/h5-6,9H,7-8H2,1-4H3. The SMILES string of the molecule is COc1ccc(-c2nnn(CCN(C)C)n2)cc1OC. The number of methoxy groups -OCH3 is 2. The Morgan fingerprint density at radius 2 is 1.90 bits per heavy atom. The molecular weight excluding hydrogens is 258 g/mol. The molecule has 0 spiro atoms. The lowest BCUT2D eigenvalue weighted by molar-refractivity contribution is 0.355. The van der Waals surface area contributed by atoms with Crippen LogP contribution in [0.3, 0.4) is 0 Å². The second-order valence-electron chi connectivity index (χ2n) is 4.58. The van der Waals surface area contributed by atoms with E-state index in [1.165, 1.54) is 0 Å². The molecule has 0 fully saturated rings. The molecule has 0 aliphatic carbocycles. The minimum atomic E-state index is 0.574. The summed E-state index contributed by atoms with van der Waals surface area (Å²) in [5, 5.41) is 12.5. The topological polar surface area (TPSA) is 65.3 Å². The Labute approximate surface area is 118 Å². The van der Waals surface area contributed by atoms with Gasteiger partial charge >= 0.3 is 0 Å². The van der Waals surface area contributed by atoms with E-state index >= 15 is 0 Å². The van der Waals surface area contributed by atoms with Crippen molar-refractivity contribution in [2.45, 2.75) is 6.54 Å². The molecule has 0 saturated carbocycles. The summed E-state index contributed by atoms with van der Waals surface area (Å²) in [5.41, 5.74) is 0.846. The zero-order valence-corrected chi connectivity index (χ0v) is 12.2. The Balaban J connectivity index is 2.19. The smallest absolute Gasteiger partial charge is 0.205 e. The van der Waals surface area contributed by atoms with E-state index in [1.54, 1.807) is 19.0 Å². The normalized spacial score (nSPS) is 10.8. The summed E-state index contributed by atoms with van der Waals surface area (Å²) in [6.45, 7) is 1.56. The maximum Gasteiger partial charge on any atom is 0.205 e. The van der Waals surface area contributed by atoms with Crippen LogP contribution >= 0.6 is 0 Å². The van der Waals surface area contributed by atoms with Gasteiger partial charge in [-0.05, 0) is 37.5 Å². The Bertz CT molecular complexity index is 568. The average Bonchev–Trinajstić information content (AvgIpc) is 2.93. The first-order valence-electron chi connectivity index (χ1n) is 6.29. The number of tetrazole rings is 1. The summed E-state index contributed by atoms with van der Waals surface area (Å²) in [4.78, 5) is 3.66. The van der Waals surface area contributed by atoms with Gasteiger partial charge in [0.15, 0.2) is 11.5 Å². The molecule has 0 radical (unpaired) electrons. The molecule has 7 nitrogen and oxygen atoms in total. The Hall–Kier alpha value is -2.15. The molecule has 0 bridgehead atoms. The number of hydrogen-bond acceptors (Lipinski definition) is 6. The van der Waals surface area contributed by atoms with Gasteiger partial charge in [0.05, 0.1) is 20.8 Å². The van der Waals surface area contributed by atoms with Gasteiger partial charge in [-0.3, -0.25) is 0 Å². The lowest BCUT2D eigenvalue weighted by Crippen LogP contribution is -2.19. The van der Waals surface area contributed by atoms with Crippen LogP contribution in [0.4, 0.5) is 0 Å². The predicted octanol–water partition coefficient (Wildman–Crippen LogP) is 0.919. The van der Waals surface area contributed by atoms with Gasteiger partial charge in [-0.15, -0.1) is 10.2 Å². The zero-order valence-electron chi connectivity index (χ0n) is 12.2. The van der Waals surface area contributed by atoms with E-state index in [0.29, 0.717) is 23.9 Å². The van der Waals surface area contributed by atoms with Crippen molar-refractivity contribution in [1.29, 1.82) is 0 Å². The van der Waals surface area contributed by atoms with Crippen molar-refractivity contribution < 1.29 is 9.47 Å². The van der Waals surface area contributed by atoms with Gasteiger partial charge in [-0.1, -0.05) is 0 Å². The first-order chi connectivity index (χ1) is 9.63. The molecule has 0 atom stereocenters. The fourth-order valence-corrected chi connectivity index (χ4v) is 1.72. The molecule has 0 N–H and O–H groups in total. The van der Waals surface area contributed by atoms with Crippen LogP contribution in [0.2, 0.25) is 0 Å². The summed E-state index contributed by atoms with van der Waals surface area (Å²) < 4.78 is 10.5. The van der Waals surface area contributed by atoms with Crippen LogP contribution in [0.1, 0.15) is 0 Å². The maximum absolute atomic E-state index is 5.27. The molecule has 7 heteroatoms. The van der Waals surface area contributed by atoms with Gasteiger partial charge in [0, 0.05) is 12.1 Å². The third-order valence-corrected chi connectivity index (χ3v) is 2.84. The van der Waals surface area contributed by atoms with E-state index in [-0.39, 0.29) is 0 Å². The quantitative estimate of drug-likeness (QED) is 0.782. The highest BCUT2D eigenvalue weighted by molar-refractivity contribution is 5.60. The molecule has 0 amide bonds. The van der Waals surface area contributed by atoms with Crippen molar-refractivity contribution in [3.05, 3.63) is 18.2 Å². The van der Waals surface area contributed by atoms with Gasteiger partial charge in [0.25, 0.3) is 0 Å². The maximum atomic E-state index is 5.27. The van der Waals surface area contributed by atoms with E-state index in [0.717, 1.165) is 12.1 Å². The van der Waals surface area contributed by atoms with Gasteiger partial charge in [0.1, 0.15) is 0 Å². The van der Waals surface area contributed by atoms with Crippen molar-refractivity contribution in [3.63, 3.8) is 0 Å². The van der Waals surface area contributed by atoms with Crippen LogP contribution in [-0.4, -0.2) is 60.0 Å². The largest absolute Gasteiger partial charge is 0.493 e. The molecule has 0 unspecified atom stereocenters. The van der Waals surface area contributed by atoms with Crippen molar-refractivity contribution >= 4 is 0 Å². The summed E-state index contributed by atoms with van der Waals surface area (Å²) >= 11 is 0. The van der Waals surface area contributed by atoms with Crippen molar-refractivity contribution in [1.82, 2.24) is 25.1 Å². The van der Waals surface area contributed by atoms with Crippen molar-refractivity contribution in [2.75, 3.05) is 34.9 Å². The summed E-state index contributed by atoms with van der Waals surface area (Å²) in [7, 11) is 7.22. The summed E-state index contributed by atoms with van der Waals surface area (Å²) in [6, 6.07) is 5.55. The van der Waals surface area contributed by atoms with E-state index in [9.17, 15) is 0 Å². The number of rotatable bonds is 6. The molecule has 0 aliphatic heterocycles. The summed E-state index contributed by atoms with van der Waals surface area (Å²) in [6.07, 6.45) is 0. The molecule has 108 valence electrons. The second kappa shape index (κ2) is 6.33. The van der Waals surface area contributed by atoms with Crippen LogP contribution in [-0.2, 0) is 6.54 Å². The molecule has 2 rings (SSSR count). The number of ether oxygens (including phenoxy) is 2. The molecule has 1 aromatic carbocycles. The Morgan fingerprint density at radius 3 is 2.55 bits per heavy atom. The number of hydrogen-bond donors (Lipinski definition) is 0. The first kappa shape index (κ1) is 14.3. The van der Waals surface area contributed by atoms with Gasteiger partial charge in [-0.25, -0.2) is 0 Å². The van der Waals surface area contributed by atoms with E-state index < -0.39 is 0 Å². The van der Waals surface area contributed by atoms with Crippen molar-refractivity contribution in [3.8, 4) is 22.9 Å². The number of nitrogens with zero attached hydrogens (tertiary/aromatic N) is 5. The van der Waals surface area contributed by atoms with Crippen LogP contribution in [0, 0.1) is 0 Å². The molecular formula is C13H19N5O2. The highest BCUT2D eigenvalue weighted by atomic mass is 16.5. The average molecular weight is 277 g/mol. The molecule has 1 heterocycles. The molecule has 20 heavy (non-hydrogen) atoms. The van der Waals surface area contributed by atoms with Gasteiger partial charge in [-0.2, -0.15) is 4.80 Å². The predicted molar refractivity (Wildman–Crippen MR) is 74.9 cm³/mol. The van der Waals surface area contributed by atoms with Gasteiger partial charge < -0.3 is 14.4 Å².